The van der Waals surface area contributed by atoms with Crippen LogP contribution >= 0.6 is 11.3 Å². The number of ketones is 1. The van der Waals surface area contributed by atoms with E-state index in [1.165, 1.54) is 11.3 Å². The molecule has 0 aromatic carbocycles. The molecule has 1 aromatic rings. The minimum Gasteiger partial charge on any atom is -0.330 e. The number of carbonyl (C=O) groups excluding carboxylic acids is 1. The zero-order valence-electron chi connectivity index (χ0n) is 10.7. The first-order chi connectivity index (χ1) is 8.79. The molecule has 0 spiro atoms. The van der Waals surface area contributed by atoms with Gasteiger partial charge in [-0.15, -0.1) is 11.3 Å². The zero-order chi connectivity index (χ0) is 12.8. The molecule has 0 atom stereocenters. The van der Waals surface area contributed by atoms with E-state index in [1.807, 2.05) is 17.5 Å². The first-order valence-electron chi connectivity index (χ1n) is 6.51. The molecule has 0 bridgehead atoms. The monoisotopic (exact) mass is 267 g/mol. The van der Waals surface area contributed by atoms with Gasteiger partial charge in [0.2, 0.25) is 0 Å². The van der Waals surface area contributed by atoms with Gasteiger partial charge in [-0.1, -0.05) is 6.07 Å². The summed E-state index contributed by atoms with van der Waals surface area (Å²) in [5, 5.41) is 1.96. The highest BCUT2D eigenvalue weighted by Gasteiger charge is 2.19. The Kier molecular flexibility index (Phi) is 5.31. The van der Waals surface area contributed by atoms with E-state index >= 15 is 0 Å². The van der Waals surface area contributed by atoms with E-state index in [0.717, 1.165) is 50.6 Å². The third-order valence-corrected chi connectivity index (χ3v) is 4.22. The maximum Gasteiger partial charge on any atom is 0.186 e. The Bertz CT molecular complexity index is 358. The summed E-state index contributed by atoms with van der Waals surface area (Å²) in [7, 11) is 0. The van der Waals surface area contributed by atoms with Gasteiger partial charge in [0.05, 0.1) is 11.4 Å². The van der Waals surface area contributed by atoms with Crippen LogP contribution in [0.15, 0.2) is 17.5 Å². The standard InChI is InChI=1S/C13H21N3OS/c14-4-2-5-15-6-8-16(9-7-15)11-12(17)13-3-1-10-18-13/h1,3,10H,2,4-9,11,14H2. The highest BCUT2D eigenvalue weighted by molar-refractivity contribution is 7.12. The van der Waals surface area contributed by atoms with Crippen molar-refractivity contribution in [3.8, 4) is 0 Å². The molecule has 2 N–H and O–H groups in total. The van der Waals surface area contributed by atoms with Gasteiger partial charge in [0.25, 0.3) is 0 Å². The SMILES string of the molecule is NCCCN1CCN(CC(=O)c2cccs2)CC1. The normalized spacial score (nSPS) is 18.1. The van der Waals surface area contributed by atoms with Crippen LogP contribution < -0.4 is 5.73 Å². The molecule has 0 radical (unpaired) electrons. The van der Waals surface area contributed by atoms with Crippen LogP contribution in [-0.4, -0.2) is 61.4 Å². The van der Waals surface area contributed by atoms with Crippen molar-refractivity contribution in [3.05, 3.63) is 22.4 Å². The van der Waals surface area contributed by atoms with E-state index in [2.05, 4.69) is 9.80 Å². The van der Waals surface area contributed by atoms with Gasteiger partial charge < -0.3 is 10.6 Å². The number of Topliss-reactive ketones (excluding diaryl/α,β-unsaturated/α-hetero) is 1. The van der Waals surface area contributed by atoms with Crippen LogP contribution in [0.2, 0.25) is 0 Å². The maximum absolute atomic E-state index is 12.0. The van der Waals surface area contributed by atoms with Crippen molar-refractivity contribution in [2.24, 2.45) is 5.73 Å². The van der Waals surface area contributed by atoms with Gasteiger partial charge in [0.15, 0.2) is 5.78 Å². The quantitative estimate of drug-likeness (QED) is 0.778. The molecule has 0 amide bonds. The van der Waals surface area contributed by atoms with Crippen molar-refractivity contribution >= 4 is 17.1 Å². The highest BCUT2D eigenvalue weighted by Crippen LogP contribution is 2.11. The van der Waals surface area contributed by atoms with E-state index in [0.29, 0.717) is 6.54 Å². The van der Waals surface area contributed by atoms with Crippen molar-refractivity contribution in [2.75, 3.05) is 45.8 Å². The fraction of sp³-hybridized carbons (Fsp3) is 0.615. The third-order valence-electron chi connectivity index (χ3n) is 3.31. The van der Waals surface area contributed by atoms with Gasteiger partial charge in [-0.25, -0.2) is 0 Å². The summed E-state index contributed by atoms with van der Waals surface area (Å²) in [6, 6.07) is 3.84. The Morgan fingerprint density at radius 2 is 2.00 bits per heavy atom. The molecule has 100 valence electrons. The van der Waals surface area contributed by atoms with Crippen molar-refractivity contribution in [2.45, 2.75) is 6.42 Å². The summed E-state index contributed by atoms with van der Waals surface area (Å²) in [4.78, 5) is 17.5. The van der Waals surface area contributed by atoms with Gasteiger partial charge in [-0.05, 0) is 31.0 Å². The molecule has 1 fully saturated rings. The fourth-order valence-corrected chi connectivity index (χ4v) is 2.86. The average Bonchev–Trinajstić information content (AvgIpc) is 2.92. The van der Waals surface area contributed by atoms with Crippen molar-refractivity contribution in [1.29, 1.82) is 0 Å². The number of nitrogens with zero attached hydrogens (tertiary/aromatic N) is 2. The summed E-state index contributed by atoms with van der Waals surface area (Å²) in [5.74, 6) is 0.250. The molecule has 18 heavy (non-hydrogen) atoms. The average molecular weight is 267 g/mol. The van der Waals surface area contributed by atoms with Gasteiger partial charge in [-0.3, -0.25) is 9.69 Å². The van der Waals surface area contributed by atoms with Gasteiger partial charge in [0, 0.05) is 26.2 Å². The summed E-state index contributed by atoms with van der Waals surface area (Å²) < 4.78 is 0. The summed E-state index contributed by atoms with van der Waals surface area (Å²) >= 11 is 1.53. The van der Waals surface area contributed by atoms with Crippen LogP contribution in [-0.2, 0) is 0 Å². The number of hydrogen-bond acceptors (Lipinski definition) is 5. The largest absolute Gasteiger partial charge is 0.330 e. The predicted octanol–water partition coefficient (Wildman–Crippen LogP) is 0.897. The van der Waals surface area contributed by atoms with E-state index in [1.54, 1.807) is 0 Å². The topological polar surface area (TPSA) is 49.6 Å². The number of carbonyl (C=O) groups is 1. The molecule has 0 unspecified atom stereocenters. The van der Waals surface area contributed by atoms with Crippen LogP contribution in [0.4, 0.5) is 0 Å². The molecule has 2 heterocycles. The van der Waals surface area contributed by atoms with Crippen LogP contribution in [0.3, 0.4) is 0 Å². The van der Waals surface area contributed by atoms with E-state index < -0.39 is 0 Å². The van der Waals surface area contributed by atoms with Crippen LogP contribution in [0.5, 0.6) is 0 Å². The third kappa shape index (κ3) is 3.88. The van der Waals surface area contributed by atoms with Crippen molar-refractivity contribution < 1.29 is 4.79 Å². The van der Waals surface area contributed by atoms with Gasteiger partial charge in [0.1, 0.15) is 0 Å². The second kappa shape index (κ2) is 6.99. The Morgan fingerprint density at radius 3 is 2.61 bits per heavy atom. The second-order valence-corrected chi connectivity index (χ2v) is 5.61. The molecule has 1 saturated heterocycles. The molecule has 0 saturated carbocycles. The first kappa shape index (κ1) is 13.7. The molecule has 2 rings (SSSR count). The lowest BCUT2D eigenvalue weighted by Gasteiger charge is -2.34. The Hall–Kier alpha value is -0.750. The minimum absolute atomic E-state index is 0.250. The van der Waals surface area contributed by atoms with Crippen LogP contribution in [0.1, 0.15) is 16.1 Å². The molecule has 1 aliphatic rings. The highest BCUT2D eigenvalue weighted by atomic mass is 32.1. The lowest BCUT2D eigenvalue weighted by molar-refractivity contribution is 0.0856. The van der Waals surface area contributed by atoms with E-state index in [9.17, 15) is 4.79 Å². The van der Waals surface area contributed by atoms with E-state index in [-0.39, 0.29) is 5.78 Å². The Labute approximate surface area is 112 Å². The zero-order valence-corrected chi connectivity index (χ0v) is 11.5. The van der Waals surface area contributed by atoms with Crippen LogP contribution in [0.25, 0.3) is 0 Å². The smallest absolute Gasteiger partial charge is 0.186 e. The molecular formula is C13H21N3OS. The number of nitrogens with two attached hydrogens (primary N) is 1. The predicted molar refractivity (Wildman–Crippen MR) is 75.2 cm³/mol. The lowest BCUT2D eigenvalue weighted by atomic mass is 10.2. The van der Waals surface area contributed by atoms with Crippen LogP contribution in [0, 0.1) is 0 Å². The first-order valence-corrected chi connectivity index (χ1v) is 7.39. The number of rotatable bonds is 6. The van der Waals surface area contributed by atoms with Crippen molar-refractivity contribution in [1.82, 2.24) is 9.80 Å². The molecule has 5 heteroatoms. The fourth-order valence-electron chi connectivity index (χ4n) is 2.20. The second-order valence-electron chi connectivity index (χ2n) is 4.66. The van der Waals surface area contributed by atoms with E-state index in [4.69, 9.17) is 5.73 Å². The molecule has 1 aromatic heterocycles. The molecule has 1 aliphatic heterocycles. The number of thiophene rings is 1. The lowest BCUT2D eigenvalue weighted by Crippen LogP contribution is -2.48. The molecular weight excluding hydrogens is 246 g/mol. The van der Waals surface area contributed by atoms with Gasteiger partial charge >= 0.3 is 0 Å². The minimum atomic E-state index is 0.250. The number of piperazine rings is 1. The summed E-state index contributed by atoms with van der Waals surface area (Å²) in [5.41, 5.74) is 5.51. The van der Waals surface area contributed by atoms with Gasteiger partial charge in [-0.2, -0.15) is 0 Å². The maximum atomic E-state index is 12.0. The Morgan fingerprint density at radius 1 is 1.28 bits per heavy atom. The number of hydrogen-bond donors (Lipinski definition) is 1. The Balaban J connectivity index is 1.72. The molecule has 0 aliphatic carbocycles. The summed E-state index contributed by atoms with van der Waals surface area (Å²) in [6.07, 6.45) is 1.06. The molecule has 4 nitrogen and oxygen atoms in total. The summed E-state index contributed by atoms with van der Waals surface area (Å²) in [6.45, 7) is 6.49. The van der Waals surface area contributed by atoms with Crippen molar-refractivity contribution in [3.63, 3.8) is 0 Å².